The lowest BCUT2D eigenvalue weighted by molar-refractivity contribution is 0.211. The number of anilines is 1. The highest BCUT2D eigenvalue weighted by molar-refractivity contribution is 5.79. The van der Waals surface area contributed by atoms with Gasteiger partial charge in [0.25, 0.3) is 0 Å². The summed E-state index contributed by atoms with van der Waals surface area (Å²) in [5, 5.41) is 10.3. The Kier molecular flexibility index (Phi) is 10.8. The molecule has 0 aliphatic carbocycles. The van der Waals surface area contributed by atoms with Gasteiger partial charge in [0, 0.05) is 39.5 Å². The van der Waals surface area contributed by atoms with Crippen molar-refractivity contribution >= 4 is 11.6 Å². The van der Waals surface area contributed by atoms with Crippen LogP contribution in [-0.4, -0.2) is 57.8 Å². The van der Waals surface area contributed by atoms with Crippen LogP contribution in [0.1, 0.15) is 31.0 Å². The van der Waals surface area contributed by atoms with E-state index in [1.165, 1.54) is 11.1 Å². The fourth-order valence-corrected chi connectivity index (χ4v) is 3.43. The van der Waals surface area contributed by atoms with Crippen LogP contribution in [0.5, 0.6) is 0 Å². The molecule has 0 radical (unpaired) electrons. The van der Waals surface area contributed by atoms with Crippen molar-refractivity contribution in [1.29, 1.82) is 0 Å². The molecule has 0 bridgehead atoms. The zero-order chi connectivity index (χ0) is 21.6. The largest absolute Gasteiger partial charge is 0.383 e. The Morgan fingerprint density at radius 3 is 2.30 bits per heavy atom. The maximum atomic E-state index is 5.07. The van der Waals surface area contributed by atoms with Crippen molar-refractivity contribution in [3.8, 4) is 0 Å². The van der Waals surface area contributed by atoms with Crippen LogP contribution in [0.15, 0.2) is 59.6 Å². The number of nitrogens with zero attached hydrogens (tertiary/aromatic N) is 2. The number of rotatable bonds is 12. The standard InChI is InChI=1S/C24H37N5O/c1-5-29(6-2)23(21-10-8-7-9-11-21)19-28-24(25-3)27-18-20-12-14-22(15-13-20)26-16-17-30-4/h7-15,23,26H,5-6,16-19H2,1-4H3,(H2,25,27,28). The molecule has 0 aliphatic rings. The highest BCUT2D eigenvalue weighted by Crippen LogP contribution is 2.19. The van der Waals surface area contributed by atoms with Gasteiger partial charge in [0.1, 0.15) is 0 Å². The van der Waals surface area contributed by atoms with Gasteiger partial charge >= 0.3 is 0 Å². The van der Waals surface area contributed by atoms with Crippen LogP contribution >= 0.6 is 0 Å². The molecule has 0 heterocycles. The first kappa shape index (κ1) is 23.7. The van der Waals surface area contributed by atoms with Gasteiger partial charge in [-0.1, -0.05) is 56.3 Å². The Labute approximate surface area is 181 Å². The van der Waals surface area contributed by atoms with E-state index in [9.17, 15) is 0 Å². The van der Waals surface area contributed by atoms with Crippen molar-refractivity contribution in [3.63, 3.8) is 0 Å². The first-order valence-electron chi connectivity index (χ1n) is 10.8. The molecule has 0 aliphatic heterocycles. The van der Waals surface area contributed by atoms with Gasteiger partial charge in [0.2, 0.25) is 0 Å². The Bertz CT molecular complexity index is 729. The van der Waals surface area contributed by atoms with E-state index in [1.54, 1.807) is 7.11 Å². The third kappa shape index (κ3) is 7.69. The Hall–Kier alpha value is -2.57. The molecule has 2 aromatic rings. The molecule has 0 spiro atoms. The van der Waals surface area contributed by atoms with Crippen LogP contribution in [0.4, 0.5) is 5.69 Å². The summed E-state index contributed by atoms with van der Waals surface area (Å²) in [5.74, 6) is 0.811. The highest BCUT2D eigenvalue weighted by atomic mass is 16.5. The molecule has 1 unspecified atom stereocenters. The number of hydrogen-bond acceptors (Lipinski definition) is 4. The first-order valence-corrected chi connectivity index (χ1v) is 10.8. The summed E-state index contributed by atoms with van der Waals surface area (Å²) in [7, 11) is 3.52. The van der Waals surface area contributed by atoms with Crippen LogP contribution in [0.2, 0.25) is 0 Å². The average Bonchev–Trinajstić information content (AvgIpc) is 2.80. The molecule has 0 fully saturated rings. The molecule has 164 valence electrons. The van der Waals surface area contributed by atoms with E-state index in [0.29, 0.717) is 12.6 Å². The van der Waals surface area contributed by atoms with Crippen molar-refractivity contribution in [2.45, 2.75) is 26.4 Å². The molecule has 0 aromatic heterocycles. The average molecular weight is 412 g/mol. The van der Waals surface area contributed by atoms with Crippen LogP contribution in [0.3, 0.4) is 0 Å². The van der Waals surface area contributed by atoms with E-state index < -0.39 is 0 Å². The quantitative estimate of drug-likeness (QED) is 0.284. The van der Waals surface area contributed by atoms with E-state index in [1.807, 2.05) is 7.05 Å². The second-order valence-electron chi connectivity index (χ2n) is 7.07. The number of nitrogens with one attached hydrogen (secondary N) is 3. The number of benzene rings is 2. The summed E-state index contributed by atoms with van der Waals surface area (Å²) >= 11 is 0. The number of methoxy groups -OCH3 is 1. The van der Waals surface area contributed by atoms with E-state index in [-0.39, 0.29) is 0 Å². The van der Waals surface area contributed by atoms with Gasteiger partial charge in [-0.15, -0.1) is 0 Å². The number of aliphatic imine (C=N–C) groups is 1. The summed E-state index contributed by atoms with van der Waals surface area (Å²) in [6.45, 7) is 9.46. The molecular weight excluding hydrogens is 374 g/mol. The summed E-state index contributed by atoms with van der Waals surface area (Å²) in [6, 6.07) is 19.4. The van der Waals surface area contributed by atoms with Gasteiger partial charge in [-0.05, 0) is 36.3 Å². The predicted octanol–water partition coefficient (Wildman–Crippen LogP) is 3.49. The maximum Gasteiger partial charge on any atom is 0.191 e. The highest BCUT2D eigenvalue weighted by Gasteiger charge is 2.18. The van der Waals surface area contributed by atoms with Gasteiger partial charge < -0.3 is 20.7 Å². The molecule has 1 atom stereocenters. The van der Waals surface area contributed by atoms with Crippen LogP contribution in [-0.2, 0) is 11.3 Å². The van der Waals surface area contributed by atoms with Crippen LogP contribution < -0.4 is 16.0 Å². The number of hydrogen-bond donors (Lipinski definition) is 3. The monoisotopic (exact) mass is 411 g/mol. The number of likely N-dealkylation sites (N-methyl/N-ethyl adjacent to an activating group) is 1. The second-order valence-corrected chi connectivity index (χ2v) is 7.07. The van der Waals surface area contributed by atoms with Gasteiger partial charge in [0.05, 0.1) is 12.6 Å². The van der Waals surface area contributed by atoms with Gasteiger partial charge in [-0.25, -0.2) is 0 Å². The van der Waals surface area contributed by atoms with Crippen molar-refractivity contribution < 1.29 is 4.74 Å². The SMILES string of the molecule is CCN(CC)C(CNC(=NC)NCc1ccc(NCCOC)cc1)c1ccccc1. The lowest BCUT2D eigenvalue weighted by atomic mass is 10.1. The van der Waals surface area contributed by atoms with Crippen molar-refractivity contribution in [1.82, 2.24) is 15.5 Å². The van der Waals surface area contributed by atoms with E-state index in [4.69, 9.17) is 4.74 Å². The molecule has 30 heavy (non-hydrogen) atoms. The lowest BCUT2D eigenvalue weighted by Crippen LogP contribution is -2.43. The molecule has 6 nitrogen and oxygen atoms in total. The molecular formula is C24H37N5O. The van der Waals surface area contributed by atoms with Gasteiger partial charge in [-0.3, -0.25) is 9.89 Å². The maximum absolute atomic E-state index is 5.07. The summed E-state index contributed by atoms with van der Waals surface area (Å²) in [4.78, 5) is 6.86. The fourth-order valence-electron chi connectivity index (χ4n) is 3.43. The zero-order valence-corrected chi connectivity index (χ0v) is 18.8. The van der Waals surface area contributed by atoms with Gasteiger partial charge in [0.15, 0.2) is 5.96 Å². The Balaban J connectivity index is 1.89. The van der Waals surface area contributed by atoms with Crippen molar-refractivity contribution in [2.75, 3.05) is 52.3 Å². The third-order valence-corrected chi connectivity index (χ3v) is 5.17. The molecule has 0 amide bonds. The van der Waals surface area contributed by atoms with Gasteiger partial charge in [-0.2, -0.15) is 0 Å². The molecule has 3 N–H and O–H groups in total. The van der Waals surface area contributed by atoms with Crippen molar-refractivity contribution in [2.24, 2.45) is 4.99 Å². The smallest absolute Gasteiger partial charge is 0.191 e. The molecule has 0 saturated heterocycles. The molecule has 6 heteroatoms. The minimum atomic E-state index is 0.303. The minimum Gasteiger partial charge on any atom is -0.383 e. The third-order valence-electron chi connectivity index (χ3n) is 5.17. The molecule has 2 aromatic carbocycles. The molecule has 2 rings (SSSR count). The normalized spacial score (nSPS) is 12.6. The second kappa shape index (κ2) is 13.6. The number of guanidine groups is 1. The topological polar surface area (TPSA) is 60.9 Å². The van der Waals surface area contributed by atoms with E-state index in [0.717, 1.165) is 44.4 Å². The Morgan fingerprint density at radius 2 is 1.70 bits per heavy atom. The lowest BCUT2D eigenvalue weighted by Gasteiger charge is -2.30. The number of ether oxygens (including phenoxy) is 1. The first-order chi connectivity index (χ1) is 14.7. The van der Waals surface area contributed by atoms with E-state index in [2.05, 4.69) is 94.3 Å². The Morgan fingerprint density at radius 1 is 1.00 bits per heavy atom. The summed E-state index contributed by atoms with van der Waals surface area (Å²) in [5.41, 5.74) is 3.63. The van der Waals surface area contributed by atoms with Crippen molar-refractivity contribution in [3.05, 3.63) is 65.7 Å². The zero-order valence-electron chi connectivity index (χ0n) is 18.8. The summed E-state index contributed by atoms with van der Waals surface area (Å²) < 4.78 is 5.07. The molecule has 0 saturated carbocycles. The summed E-state index contributed by atoms with van der Waals surface area (Å²) in [6.07, 6.45) is 0. The van der Waals surface area contributed by atoms with E-state index >= 15 is 0 Å². The predicted molar refractivity (Wildman–Crippen MR) is 127 cm³/mol. The van der Waals surface area contributed by atoms with Crippen LogP contribution in [0.25, 0.3) is 0 Å². The fraction of sp³-hybridized carbons (Fsp3) is 0.458. The minimum absolute atomic E-state index is 0.303. The van der Waals surface area contributed by atoms with Crippen LogP contribution in [0, 0.1) is 0 Å².